The number of allylic oxidation sites excluding steroid dienone is 3. The molecule has 0 unspecified atom stereocenters. The van der Waals surface area contributed by atoms with Crippen LogP contribution >= 0.6 is 23.2 Å². The molecule has 4 amide bonds. The number of imide groups is 2. The Balaban J connectivity index is 1.35. The normalized spacial score (nSPS) is 29.2. The highest BCUT2D eigenvalue weighted by Gasteiger charge is 2.76. The van der Waals surface area contributed by atoms with Crippen molar-refractivity contribution in [2.45, 2.75) is 22.6 Å². The summed E-state index contributed by atoms with van der Waals surface area (Å²) in [6.45, 7) is 0. The zero-order chi connectivity index (χ0) is 35.0. The summed E-state index contributed by atoms with van der Waals surface area (Å²) in [7, 11) is -0.434. The molecule has 7 rings (SSSR count). The molecule has 2 heterocycles. The van der Waals surface area contributed by atoms with E-state index in [2.05, 4.69) is 0 Å². The fraction of sp³-hybridized carbons (Fsp3) is 0.257. The van der Waals surface area contributed by atoms with Gasteiger partial charge in [0.25, 0.3) is 11.8 Å². The zero-order valence-corrected chi connectivity index (χ0v) is 27.3. The summed E-state index contributed by atoms with van der Waals surface area (Å²) in [6, 6.07) is 15.1. The van der Waals surface area contributed by atoms with Crippen molar-refractivity contribution in [3.63, 3.8) is 0 Å². The number of hydrogen-bond donors (Lipinski definition) is 3. The van der Waals surface area contributed by atoms with E-state index in [4.69, 9.17) is 27.9 Å². The first-order valence-electron chi connectivity index (χ1n) is 15.4. The van der Waals surface area contributed by atoms with E-state index in [0.29, 0.717) is 11.1 Å². The van der Waals surface area contributed by atoms with Crippen LogP contribution in [0.15, 0.2) is 84.5 Å². The van der Waals surface area contributed by atoms with Crippen molar-refractivity contribution in [3.05, 3.63) is 95.8 Å². The van der Waals surface area contributed by atoms with Crippen LogP contribution in [-0.4, -0.2) is 62.8 Å². The number of benzene rings is 3. The van der Waals surface area contributed by atoms with E-state index >= 15 is 0 Å². The van der Waals surface area contributed by atoms with Gasteiger partial charge < -0.3 is 19.9 Å². The van der Waals surface area contributed by atoms with Crippen LogP contribution in [0.2, 0.25) is 0 Å². The van der Waals surface area contributed by atoms with Crippen molar-refractivity contribution >= 4 is 76.9 Å². The van der Waals surface area contributed by atoms with Crippen molar-refractivity contribution in [1.82, 2.24) is 0 Å². The fourth-order valence-electron chi connectivity index (χ4n) is 7.73. The van der Waals surface area contributed by atoms with Gasteiger partial charge in [0.2, 0.25) is 11.8 Å². The highest BCUT2D eigenvalue weighted by atomic mass is 35.5. The van der Waals surface area contributed by atoms with Gasteiger partial charge in [-0.15, -0.1) is 23.2 Å². The SMILES string of the molecule is COc1cc(C=C[C@H]2C3=CC[C@@H]4C(=O)N(c5cccc(B(O)O)c5)C(=O)[C@@H]4[C@@H]3C[C@@]3(Cl)C(=O)N(c4ccc(F)cc4)C(=O)[C@@]23Cl)ccc1O. The lowest BCUT2D eigenvalue weighted by molar-refractivity contribution is -0.125. The summed E-state index contributed by atoms with van der Waals surface area (Å²) < 4.78 is 19.1. The number of amides is 4. The quantitative estimate of drug-likeness (QED) is 0.153. The number of phenols is 1. The van der Waals surface area contributed by atoms with Crippen molar-refractivity contribution in [2.75, 3.05) is 16.9 Å². The minimum absolute atomic E-state index is 0.0657. The third kappa shape index (κ3) is 4.84. The number of phenolic OH excluding ortho intramolecular Hbond substituents is 1. The number of ether oxygens (including phenoxy) is 1. The second-order valence-corrected chi connectivity index (χ2v) is 13.8. The van der Waals surface area contributed by atoms with E-state index in [1.54, 1.807) is 30.4 Å². The molecule has 3 aromatic carbocycles. The average molecular weight is 705 g/mol. The summed E-state index contributed by atoms with van der Waals surface area (Å²) >= 11 is 14.7. The molecular formula is C35H28BCl2FN2O8. The number of alkyl halides is 2. The Hall–Kier alpha value is -4.49. The predicted octanol–water partition coefficient (Wildman–Crippen LogP) is 3.53. The summed E-state index contributed by atoms with van der Waals surface area (Å²) in [5.41, 5.74) is 1.42. The van der Waals surface area contributed by atoms with Gasteiger partial charge in [-0.2, -0.15) is 0 Å². The molecule has 14 heteroatoms. The Labute approximate surface area is 290 Å². The molecule has 3 fully saturated rings. The van der Waals surface area contributed by atoms with Crippen LogP contribution in [0, 0.1) is 29.5 Å². The van der Waals surface area contributed by atoms with E-state index in [1.807, 2.05) is 0 Å². The van der Waals surface area contributed by atoms with E-state index in [-0.39, 0.29) is 41.2 Å². The second-order valence-electron chi connectivity index (χ2n) is 12.6. The van der Waals surface area contributed by atoms with Gasteiger partial charge in [0.15, 0.2) is 21.2 Å². The lowest BCUT2D eigenvalue weighted by Gasteiger charge is -2.49. The molecule has 2 aliphatic carbocycles. The van der Waals surface area contributed by atoms with Gasteiger partial charge in [0, 0.05) is 5.92 Å². The molecule has 2 aliphatic heterocycles. The first-order valence-corrected chi connectivity index (χ1v) is 16.2. The maximum atomic E-state index is 14.4. The molecule has 0 bridgehead atoms. The summed E-state index contributed by atoms with van der Waals surface area (Å²) in [5.74, 6) is -6.85. The zero-order valence-electron chi connectivity index (χ0n) is 25.8. The first-order chi connectivity index (χ1) is 23.3. The summed E-state index contributed by atoms with van der Waals surface area (Å²) in [6.07, 6.45) is 4.91. The number of anilines is 2. The standard InChI is InChI=1S/C35H28BCl2FN2O8/c1-49-28-15-18(6-14-27(28)42)5-13-26-23-11-12-24-29(31(44)40(30(24)43)22-4-2-3-19(16-22)36(47)48)25(23)17-34(37)32(45)41(33(46)35(26,34)38)21-9-7-20(39)8-10-21/h2-11,13-16,24-26,29,42,47-48H,12,17H2,1H3/t24-,25+,26-,29-,34+,35-/m0/s1. The van der Waals surface area contributed by atoms with Gasteiger partial charge >= 0.3 is 7.12 Å². The van der Waals surface area contributed by atoms with E-state index in [1.165, 1.54) is 49.6 Å². The fourth-order valence-corrected chi connectivity index (χ4v) is 8.62. The van der Waals surface area contributed by atoms with Gasteiger partial charge in [-0.25, -0.2) is 9.29 Å². The molecule has 6 atom stereocenters. The van der Waals surface area contributed by atoms with Crippen LogP contribution in [0.25, 0.3) is 6.08 Å². The number of methoxy groups -OCH3 is 1. The lowest BCUT2D eigenvalue weighted by atomic mass is 9.57. The van der Waals surface area contributed by atoms with Crippen LogP contribution in [0.3, 0.4) is 0 Å². The molecule has 1 saturated carbocycles. The van der Waals surface area contributed by atoms with Gasteiger partial charge in [0.05, 0.1) is 30.3 Å². The molecule has 10 nitrogen and oxygen atoms in total. The van der Waals surface area contributed by atoms with Gasteiger partial charge in [0.1, 0.15) is 5.82 Å². The van der Waals surface area contributed by atoms with Crippen LogP contribution in [0.4, 0.5) is 15.8 Å². The van der Waals surface area contributed by atoms with Crippen molar-refractivity contribution < 1.29 is 43.5 Å². The molecular weight excluding hydrogens is 677 g/mol. The Kier molecular flexibility index (Phi) is 7.98. The Morgan fingerprint density at radius 2 is 1.65 bits per heavy atom. The second kappa shape index (κ2) is 11.8. The lowest BCUT2D eigenvalue weighted by Crippen LogP contribution is -2.60. The third-order valence-electron chi connectivity index (χ3n) is 10.1. The molecule has 3 aromatic rings. The molecule has 0 aromatic heterocycles. The molecule has 4 aliphatic rings. The number of carbonyl (C=O) groups excluding carboxylic acids is 4. The minimum atomic E-state index is -2.09. The smallest absolute Gasteiger partial charge is 0.488 e. The highest BCUT2D eigenvalue weighted by Crippen LogP contribution is 2.63. The van der Waals surface area contributed by atoms with Crippen molar-refractivity contribution in [3.8, 4) is 11.5 Å². The van der Waals surface area contributed by atoms with Crippen LogP contribution in [0.5, 0.6) is 11.5 Å². The van der Waals surface area contributed by atoms with Crippen LogP contribution in [0.1, 0.15) is 18.4 Å². The van der Waals surface area contributed by atoms with Crippen molar-refractivity contribution in [2.24, 2.45) is 23.7 Å². The highest BCUT2D eigenvalue weighted by molar-refractivity contribution is 6.59. The number of halogens is 3. The summed E-state index contributed by atoms with van der Waals surface area (Å²) in [5, 5.41) is 29.5. The number of fused-ring (bicyclic) bond motifs is 4. The van der Waals surface area contributed by atoms with Gasteiger partial charge in [-0.05, 0) is 78.3 Å². The van der Waals surface area contributed by atoms with Gasteiger partial charge in [-0.3, -0.25) is 24.1 Å². The Morgan fingerprint density at radius 3 is 2.35 bits per heavy atom. The Bertz CT molecular complexity index is 1990. The molecule has 0 radical (unpaired) electrons. The van der Waals surface area contributed by atoms with Crippen molar-refractivity contribution in [1.29, 1.82) is 0 Å². The molecule has 250 valence electrons. The largest absolute Gasteiger partial charge is 0.504 e. The topological polar surface area (TPSA) is 145 Å². The molecule has 0 spiro atoms. The average Bonchev–Trinajstić information content (AvgIpc) is 3.43. The van der Waals surface area contributed by atoms with Gasteiger partial charge in [-0.1, -0.05) is 42.0 Å². The van der Waals surface area contributed by atoms with Crippen LogP contribution < -0.4 is 20.0 Å². The molecule has 3 N–H and O–H groups in total. The summed E-state index contributed by atoms with van der Waals surface area (Å²) in [4.78, 5) is 54.4. The van der Waals surface area contributed by atoms with E-state index in [9.17, 15) is 38.7 Å². The van der Waals surface area contributed by atoms with E-state index < -0.39 is 70.0 Å². The number of rotatable bonds is 6. The first kappa shape index (κ1) is 33.0. The number of nitrogens with zero attached hydrogens (tertiary/aromatic N) is 2. The Morgan fingerprint density at radius 1 is 0.918 bits per heavy atom. The predicted molar refractivity (Wildman–Crippen MR) is 180 cm³/mol. The maximum Gasteiger partial charge on any atom is 0.488 e. The van der Waals surface area contributed by atoms with E-state index in [0.717, 1.165) is 21.9 Å². The number of hydrogen-bond acceptors (Lipinski definition) is 8. The number of aromatic hydroxyl groups is 1. The maximum absolute atomic E-state index is 14.4. The number of carbonyl (C=O) groups is 4. The monoisotopic (exact) mass is 704 g/mol. The molecule has 2 saturated heterocycles. The minimum Gasteiger partial charge on any atom is -0.504 e. The molecule has 49 heavy (non-hydrogen) atoms. The third-order valence-corrected chi connectivity index (χ3v) is 11.5. The van der Waals surface area contributed by atoms with Crippen LogP contribution in [-0.2, 0) is 19.2 Å².